The van der Waals surface area contributed by atoms with Gasteiger partial charge in [0.05, 0.1) is 4.90 Å². The molecule has 29 heavy (non-hydrogen) atoms. The first kappa shape index (κ1) is 19.6. The fraction of sp³-hybridized carbons (Fsp3) is 0.333. The Morgan fingerprint density at radius 1 is 1.03 bits per heavy atom. The molecule has 2 heterocycles. The van der Waals surface area contributed by atoms with E-state index in [-0.39, 0.29) is 23.2 Å². The quantitative estimate of drug-likeness (QED) is 0.755. The topological polar surface area (TPSA) is 90.9 Å². The first-order valence-electron chi connectivity index (χ1n) is 9.75. The van der Waals surface area contributed by atoms with Crippen molar-refractivity contribution in [1.29, 1.82) is 0 Å². The van der Waals surface area contributed by atoms with E-state index in [1.807, 2.05) is 18.2 Å². The zero-order valence-electron chi connectivity index (χ0n) is 16.1. The van der Waals surface area contributed by atoms with Crippen molar-refractivity contribution < 1.29 is 13.2 Å². The number of likely N-dealkylation sites (tertiary alicyclic amines) is 1. The number of hydrogen-bond donors (Lipinski definition) is 2. The minimum Gasteiger partial charge on any atom is -0.350 e. The lowest BCUT2D eigenvalue weighted by Crippen LogP contribution is -2.28. The highest BCUT2D eigenvalue weighted by Crippen LogP contribution is 2.22. The summed E-state index contributed by atoms with van der Waals surface area (Å²) in [4.78, 5) is 19.1. The van der Waals surface area contributed by atoms with Crippen LogP contribution in [0.5, 0.6) is 0 Å². The van der Waals surface area contributed by atoms with E-state index < -0.39 is 10.0 Å². The molecule has 8 heteroatoms. The van der Waals surface area contributed by atoms with Gasteiger partial charge in [0.25, 0.3) is 10.0 Å². The molecule has 1 saturated heterocycles. The maximum atomic E-state index is 12.3. The number of aliphatic imine (C=N–C) groups is 1. The summed E-state index contributed by atoms with van der Waals surface area (Å²) in [6.45, 7) is 3.43. The summed E-state index contributed by atoms with van der Waals surface area (Å²) in [5.41, 5.74) is 2.81. The van der Waals surface area contributed by atoms with Crippen molar-refractivity contribution in [2.75, 3.05) is 19.6 Å². The van der Waals surface area contributed by atoms with Crippen LogP contribution in [0.15, 0.2) is 58.4 Å². The van der Waals surface area contributed by atoms with Gasteiger partial charge in [-0.3, -0.25) is 19.4 Å². The Bertz CT molecular complexity index is 1040. The Kier molecular flexibility index (Phi) is 5.64. The first-order chi connectivity index (χ1) is 14.0. The van der Waals surface area contributed by atoms with Gasteiger partial charge in [-0.05, 0) is 49.2 Å². The van der Waals surface area contributed by atoms with E-state index in [1.165, 1.54) is 24.5 Å². The predicted octanol–water partition coefficient (Wildman–Crippen LogP) is 1.64. The van der Waals surface area contributed by atoms with Gasteiger partial charge in [0, 0.05) is 18.7 Å². The molecule has 0 bridgehead atoms. The van der Waals surface area contributed by atoms with E-state index in [0.717, 1.165) is 25.2 Å². The third-order valence-electron chi connectivity index (χ3n) is 5.23. The number of benzene rings is 2. The Morgan fingerprint density at radius 2 is 1.72 bits per heavy atom. The van der Waals surface area contributed by atoms with Gasteiger partial charge in [0.15, 0.2) is 0 Å². The smallest absolute Gasteiger partial charge is 0.263 e. The highest BCUT2D eigenvalue weighted by Gasteiger charge is 2.30. The van der Waals surface area contributed by atoms with Gasteiger partial charge in [0.2, 0.25) is 5.91 Å². The molecule has 0 aromatic heterocycles. The summed E-state index contributed by atoms with van der Waals surface area (Å²) >= 11 is 0. The van der Waals surface area contributed by atoms with Gasteiger partial charge < -0.3 is 5.32 Å². The molecule has 4 rings (SSSR count). The molecule has 0 atom stereocenters. The summed E-state index contributed by atoms with van der Waals surface area (Å²) in [5.74, 6) is -0.0396. The zero-order valence-corrected chi connectivity index (χ0v) is 16.9. The largest absolute Gasteiger partial charge is 0.350 e. The SMILES string of the molecule is O=C(CN=C1NS(=O)(=O)c2ccccc21)NCc1ccccc1CN1CCCC1. The van der Waals surface area contributed by atoms with E-state index in [4.69, 9.17) is 0 Å². The molecule has 1 fully saturated rings. The fourth-order valence-electron chi connectivity index (χ4n) is 3.72. The van der Waals surface area contributed by atoms with Crippen molar-refractivity contribution in [3.8, 4) is 0 Å². The van der Waals surface area contributed by atoms with Gasteiger partial charge in [-0.15, -0.1) is 0 Å². The molecule has 2 aromatic carbocycles. The van der Waals surface area contributed by atoms with Crippen molar-refractivity contribution in [2.24, 2.45) is 4.99 Å². The van der Waals surface area contributed by atoms with Crippen molar-refractivity contribution in [3.63, 3.8) is 0 Å². The van der Waals surface area contributed by atoms with Crippen molar-refractivity contribution in [3.05, 3.63) is 65.2 Å². The highest BCUT2D eigenvalue weighted by atomic mass is 32.2. The third kappa shape index (κ3) is 4.49. The van der Waals surface area contributed by atoms with Crippen LogP contribution in [0.3, 0.4) is 0 Å². The minimum atomic E-state index is -3.59. The van der Waals surface area contributed by atoms with Crippen LogP contribution >= 0.6 is 0 Å². The normalized spacial score (nSPS) is 19.1. The van der Waals surface area contributed by atoms with Gasteiger partial charge in [0.1, 0.15) is 12.4 Å². The van der Waals surface area contributed by atoms with Crippen LogP contribution in [-0.2, 0) is 27.9 Å². The number of carbonyl (C=O) groups is 1. The number of amidine groups is 1. The Hall–Kier alpha value is -2.71. The maximum Gasteiger partial charge on any atom is 0.263 e. The van der Waals surface area contributed by atoms with Gasteiger partial charge >= 0.3 is 0 Å². The molecular formula is C21H24N4O3S. The van der Waals surface area contributed by atoms with Crippen molar-refractivity contribution >= 4 is 21.8 Å². The minimum absolute atomic E-state index is 0.138. The summed E-state index contributed by atoms with van der Waals surface area (Å²) < 4.78 is 26.6. The number of nitrogens with one attached hydrogen (secondary N) is 2. The molecule has 0 spiro atoms. The molecule has 152 valence electrons. The zero-order chi connectivity index (χ0) is 20.3. The van der Waals surface area contributed by atoms with Crippen LogP contribution in [0.1, 0.15) is 29.5 Å². The Morgan fingerprint density at radius 3 is 2.52 bits per heavy atom. The maximum absolute atomic E-state index is 12.3. The molecule has 1 amide bonds. The summed E-state index contributed by atoms with van der Waals surface area (Å²) in [6, 6.07) is 14.7. The average molecular weight is 413 g/mol. The van der Waals surface area contributed by atoms with Gasteiger partial charge in [-0.25, -0.2) is 8.42 Å². The lowest BCUT2D eigenvalue weighted by Gasteiger charge is -2.17. The van der Waals surface area contributed by atoms with Crippen molar-refractivity contribution in [2.45, 2.75) is 30.8 Å². The molecule has 7 nitrogen and oxygen atoms in total. The number of amides is 1. The van der Waals surface area contributed by atoms with E-state index in [2.05, 4.69) is 26.0 Å². The number of fused-ring (bicyclic) bond motifs is 1. The molecule has 0 unspecified atom stereocenters. The van der Waals surface area contributed by atoms with E-state index >= 15 is 0 Å². The predicted molar refractivity (Wildman–Crippen MR) is 111 cm³/mol. The monoisotopic (exact) mass is 412 g/mol. The van der Waals surface area contributed by atoms with Crippen LogP contribution in [0.25, 0.3) is 0 Å². The Balaban J connectivity index is 1.37. The Labute approximate surface area is 170 Å². The number of sulfonamides is 1. The first-order valence-corrected chi connectivity index (χ1v) is 11.2. The molecule has 0 aliphatic carbocycles. The molecule has 0 radical (unpaired) electrons. The highest BCUT2D eigenvalue weighted by molar-refractivity contribution is 7.90. The molecule has 2 aromatic rings. The van der Waals surface area contributed by atoms with E-state index in [0.29, 0.717) is 12.1 Å². The lowest BCUT2D eigenvalue weighted by atomic mass is 10.1. The summed E-state index contributed by atoms with van der Waals surface area (Å²) in [5, 5.41) is 2.89. The summed E-state index contributed by atoms with van der Waals surface area (Å²) in [7, 11) is -3.59. The summed E-state index contributed by atoms with van der Waals surface area (Å²) in [6.07, 6.45) is 2.48. The second-order valence-corrected chi connectivity index (χ2v) is 8.95. The molecule has 0 saturated carbocycles. The number of carbonyl (C=O) groups excluding carboxylic acids is 1. The molecule has 2 aliphatic heterocycles. The van der Waals surface area contributed by atoms with Crippen LogP contribution < -0.4 is 10.0 Å². The van der Waals surface area contributed by atoms with Crippen LogP contribution in [0.2, 0.25) is 0 Å². The molecular weight excluding hydrogens is 388 g/mol. The number of hydrogen-bond acceptors (Lipinski definition) is 5. The number of rotatable bonds is 6. The molecule has 2 aliphatic rings. The fourth-order valence-corrected chi connectivity index (χ4v) is 4.97. The number of nitrogens with zero attached hydrogens (tertiary/aromatic N) is 2. The van der Waals surface area contributed by atoms with Gasteiger partial charge in [-0.1, -0.05) is 36.4 Å². The van der Waals surface area contributed by atoms with Crippen LogP contribution in [0, 0.1) is 0 Å². The van der Waals surface area contributed by atoms with Crippen LogP contribution in [0.4, 0.5) is 0 Å². The van der Waals surface area contributed by atoms with Crippen molar-refractivity contribution in [1.82, 2.24) is 14.9 Å². The van der Waals surface area contributed by atoms with Gasteiger partial charge in [-0.2, -0.15) is 0 Å². The molecule has 2 N–H and O–H groups in total. The lowest BCUT2D eigenvalue weighted by molar-refractivity contribution is -0.119. The standard InChI is InChI=1S/C21H24N4O3S/c26-20(14-23-21-18-9-3-4-10-19(18)29(27,28)24-21)22-13-16-7-1-2-8-17(16)15-25-11-5-6-12-25/h1-4,7-10H,5-6,11-15H2,(H,22,26)(H,23,24). The average Bonchev–Trinajstić information content (AvgIpc) is 3.32. The van der Waals surface area contributed by atoms with Crippen LogP contribution in [-0.4, -0.2) is 44.7 Å². The van der Waals surface area contributed by atoms with E-state index in [1.54, 1.807) is 18.2 Å². The second-order valence-electron chi connectivity index (χ2n) is 7.30. The van der Waals surface area contributed by atoms with E-state index in [9.17, 15) is 13.2 Å². The third-order valence-corrected chi connectivity index (χ3v) is 6.63. The second kappa shape index (κ2) is 8.34.